The summed E-state index contributed by atoms with van der Waals surface area (Å²) in [4.78, 5) is 28.8. The predicted octanol–water partition coefficient (Wildman–Crippen LogP) is 2.03. The smallest absolute Gasteiger partial charge is 0.258 e. The zero-order chi connectivity index (χ0) is 22.1. The third-order valence-corrected chi connectivity index (χ3v) is 6.79. The number of carbonyl (C=O) groups is 1. The summed E-state index contributed by atoms with van der Waals surface area (Å²) in [5.74, 6) is 0.129. The quantitative estimate of drug-likeness (QED) is 0.709. The highest BCUT2D eigenvalue weighted by molar-refractivity contribution is 5.80. The lowest BCUT2D eigenvalue weighted by Gasteiger charge is -2.37. The normalized spacial score (nSPS) is 24.6. The van der Waals surface area contributed by atoms with Gasteiger partial charge in [-0.1, -0.05) is 26.0 Å². The van der Waals surface area contributed by atoms with Crippen molar-refractivity contribution < 1.29 is 14.6 Å². The van der Waals surface area contributed by atoms with Crippen molar-refractivity contribution in [2.75, 3.05) is 26.8 Å². The van der Waals surface area contributed by atoms with Crippen LogP contribution >= 0.6 is 0 Å². The first-order valence-electron chi connectivity index (χ1n) is 11.1. The van der Waals surface area contributed by atoms with Gasteiger partial charge >= 0.3 is 0 Å². The van der Waals surface area contributed by atoms with Crippen LogP contribution in [0.25, 0.3) is 11.1 Å². The van der Waals surface area contributed by atoms with E-state index in [-0.39, 0.29) is 42.0 Å². The number of likely N-dealkylation sites (N-methyl/N-ethyl adjacent to an activating group) is 1. The maximum atomic E-state index is 13.5. The Morgan fingerprint density at radius 2 is 1.94 bits per heavy atom. The number of amides is 1. The standard InChI is InChI=1S/C24H31N3O4/c1-4-12-25-23(29)21-18(14-28)20-13-27-19(22(21)26(20)5-2)11-10-17(24(27)30)15-6-8-16(31-3)9-7-15/h6-11,18,20-22,28H,4-5,12-14H2,1-3H3,(H,25,29)/t18-,20-,21+,22+/m1/s1. The van der Waals surface area contributed by atoms with E-state index in [0.717, 1.165) is 30.0 Å². The molecule has 1 amide bonds. The van der Waals surface area contributed by atoms with Crippen molar-refractivity contribution in [3.05, 3.63) is 52.4 Å². The van der Waals surface area contributed by atoms with Crippen molar-refractivity contribution in [3.63, 3.8) is 0 Å². The molecule has 1 aromatic heterocycles. The van der Waals surface area contributed by atoms with Crippen molar-refractivity contribution in [3.8, 4) is 16.9 Å². The lowest BCUT2D eigenvalue weighted by atomic mass is 9.86. The average Bonchev–Trinajstić information content (AvgIpc) is 3.03. The highest BCUT2D eigenvalue weighted by Crippen LogP contribution is 2.48. The molecule has 2 aromatic rings. The molecule has 0 aliphatic carbocycles. The van der Waals surface area contributed by atoms with Crippen LogP contribution in [-0.2, 0) is 11.3 Å². The topological polar surface area (TPSA) is 83.8 Å². The highest BCUT2D eigenvalue weighted by atomic mass is 16.5. The number of hydrogen-bond donors (Lipinski definition) is 2. The number of aliphatic hydroxyl groups excluding tert-OH is 1. The van der Waals surface area contributed by atoms with Crippen LogP contribution in [0.1, 0.15) is 32.0 Å². The van der Waals surface area contributed by atoms with Gasteiger partial charge in [-0.2, -0.15) is 0 Å². The summed E-state index contributed by atoms with van der Waals surface area (Å²) in [6.45, 7) is 5.87. The Kier molecular flexibility index (Phi) is 6.16. The number of fused-ring (bicyclic) bond motifs is 4. The summed E-state index contributed by atoms with van der Waals surface area (Å²) in [7, 11) is 1.61. The Bertz CT molecular complexity index is 1000. The monoisotopic (exact) mass is 425 g/mol. The van der Waals surface area contributed by atoms with Gasteiger partial charge in [0.25, 0.3) is 5.56 Å². The van der Waals surface area contributed by atoms with E-state index in [2.05, 4.69) is 17.1 Å². The van der Waals surface area contributed by atoms with Crippen LogP contribution in [0.5, 0.6) is 5.75 Å². The number of aromatic nitrogens is 1. The Labute approximate surface area is 182 Å². The molecule has 3 heterocycles. The van der Waals surface area contributed by atoms with E-state index >= 15 is 0 Å². The van der Waals surface area contributed by atoms with Crippen LogP contribution in [0, 0.1) is 11.8 Å². The van der Waals surface area contributed by atoms with Gasteiger partial charge in [0.1, 0.15) is 5.75 Å². The SMILES string of the molecule is CCCNC(=O)[C@H]1[C@H](CO)[C@H]2Cn3c(ccc(-c4ccc(OC)cc4)c3=O)[C@@H]1N2CC. The summed E-state index contributed by atoms with van der Waals surface area (Å²) >= 11 is 0. The summed E-state index contributed by atoms with van der Waals surface area (Å²) in [5, 5.41) is 13.2. The molecule has 7 heteroatoms. The first-order chi connectivity index (χ1) is 15.0. The average molecular weight is 426 g/mol. The Morgan fingerprint density at radius 3 is 2.55 bits per heavy atom. The first-order valence-corrected chi connectivity index (χ1v) is 11.1. The number of pyridine rings is 1. The number of methoxy groups -OCH3 is 1. The number of nitrogens with one attached hydrogen (secondary N) is 1. The number of nitrogens with zero attached hydrogens (tertiary/aromatic N) is 2. The molecule has 0 saturated carbocycles. The Hall–Kier alpha value is -2.64. The van der Waals surface area contributed by atoms with Gasteiger partial charge in [-0.05, 0) is 42.8 Å². The fourth-order valence-electron chi connectivity index (χ4n) is 5.31. The van der Waals surface area contributed by atoms with Crippen LogP contribution in [0.4, 0.5) is 0 Å². The van der Waals surface area contributed by atoms with E-state index in [4.69, 9.17) is 4.74 Å². The maximum Gasteiger partial charge on any atom is 0.258 e. The summed E-state index contributed by atoms with van der Waals surface area (Å²) in [6.07, 6.45) is 0.856. The third kappa shape index (κ3) is 3.55. The lowest BCUT2D eigenvalue weighted by molar-refractivity contribution is -0.127. The molecule has 166 valence electrons. The summed E-state index contributed by atoms with van der Waals surface area (Å²) in [5.41, 5.74) is 2.26. The molecule has 2 bridgehead atoms. The number of aliphatic hydroxyl groups is 1. The summed E-state index contributed by atoms with van der Waals surface area (Å²) in [6, 6.07) is 11.0. The van der Waals surface area contributed by atoms with Gasteiger partial charge in [-0.15, -0.1) is 0 Å². The van der Waals surface area contributed by atoms with Crippen molar-refractivity contribution in [1.29, 1.82) is 0 Å². The fraction of sp³-hybridized carbons (Fsp3) is 0.500. The maximum absolute atomic E-state index is 13.5. The van der Waals surface area contributed by atoms with Crippen molar-refractivity contribution in [2.24, 2.45) is 11.8 Å². The van der Waals surface area contributed by atoms with Crippen LogP contribution in [0.15, 0.2) is 41.2 Å². The lowest BCUT2D eigenvalue weighted by Crippen LogP contribution is -2.46. The van der Waals surface area contributed by atoms with Crippen LogP contribution < -0.4 is 15.6 Å². The minimum Gasteiger partial charge on any atom is -0.497 e. The largest absolute Gasteiger partial charge is 0.497 e. The van der Waals surface area contributed by atoms with Crippen LogP contribution in [0.2, 0.25) is 0 Å². The molecule has 0 spiro atoms. The van der Waals surface area contributed by atoms with Crippen molar-refractivity contribution in [1.82, 2.24) is 14.8 Å². The molecule has 1 aromatic carbocycles. The van der Waals surface area contributed by atoms with Gasteiger partial charge < -0.3 is 19.7 Å². The Balaban J connectivity index is 1.78. The van der Waals surface area contributed by atoms with Gasteiger partial charge in [0.05, 0.1) is 19.1 Å². The molecular formula is C24H31N3O4. The number of rotatable bonds is 7. The van der Waals surface area contributed by atoms with Gasteiger partial charge in [0, 0.05) is 42.9 Å². The first kappa shape index (κ1) is 21.6. The minimum atomic E-state index is -0.374. The molecule has 7 nitrogen and oxygen atoms in total. The molecule has 4 atom stereocenters. The number of hydrogen-bond acceptors (Lipinski definition) is 5. The predicted molar refractivity (Wildman–Crippen MR) is 119 cm³/mol. The molecular weight excluding hydrogens is 394 g/mol. The minimum absolute atomic E-state index is 0.0352. The highest BCUT2D eigenvalue weighted by Gasteiger charge is 2.55. The zero-order valence-corrected chi connectivity index (χ0v) is 18.4. The van der Waals surface area contributed by atoms with E-state index in [1.807, 2.05) is 47.9 Å². The van der Waals surface area contributed by atoms with Crippen molar-refractivity contribution >= 4 is 5.91 Å². The zero-order valence-electron chi connectivity index (χ0n) is 18.4. The van der Waals surface area contributed by atoms with E-state index in [9.17, 15) is 14.7 Å². The number of carbonyl (C=O) groups excluding carboxylic acids is 1. The Morgan fingerprint density at radius 1 is 1.19 bits per heavy atom. The van der Waals surface area contributed by atoms with Crippen LogP contribution in [0.3, 0.4) is 0 Å². The molecule has 31 heavy (non-hydrogen) atoms. The molecule has 4 rings (SSSR count). The van der Waals surface area contributed by atoms with E-state index in [1.165, 1.54) is 0 Å². The summed E-state index contributed by atoms with van der Waals surface area (Å²) < 4.78 is 7.04. The van der Waals surface area contributed by atoms with Crippen molar-refractivity contribution in [2.45, 2.75) is 38.9 Å². The van der Waals surface area contributed by atoms with E-state index < -0.39 is 0 Å². The molecule has 1 fully saturated rings. The second-order valence-electron chi connectivity index (χ2n) is 8.32. The van der Waals surface area contributed by atoms with Gasteiger partial charge in [-0.3, -0.25) is 14.5 Å². The van der Waals surface area contributed by atoms with E-state index in [0.29, 0.717) is 18.7 Å². The molecule has 2 aliphatic heterocycles. The van der Waals surface area contributed by atoms with Gasteiger partial charge in [0.15, 0.2) is 0 Å². The van der Waals surface area contributed by atoms with Gasteiger partial charge in [-0.25, -0.2) is 0 Å². The molecule has 2 aliphatic rings. The van der Waals surface area contributed by atoms with E-state index in [1.54, 1.807) is 7.11 Å². The number of ether oxygens (including phenoxy) is 1. The number of benzene rings is 1. The van der Waals surface area contributed by atoms with Crippen LogP contribution in [-0.4, -0.2) is 53.3 Å². The molecule has 0 unspecified atom stereocenters. The second-order valence-corrected chi connectivity index (χ2v) is 8.32. The fourth-order valence-corrected chi connectivity index (χ4v) is 5.31. The second kappa shape index (κ2) is 8.85. The molecule has 0 radical (unpaired) electrons. The molecule has 1 saturated heterocycles. The third-order valence-electron chi connectivity index (χ3n) is 6.79. The molecule has 2 N–H and O–H groups in total. The van der Waals surface area contributed by atoms with Gasteiger partial charge in [0.2, 0.25) is 5.91 Å².